The largest absolute Gasteiger partial charge is 0.338 e. The summed E-state index contributed by atoms with van der Waals surface area (Å²) < 4.78 is 23.6. The number of halogens is 1. The Morgan fingerprint density at radius 1 is 1.00 bits per heavy atom. The second kappa shape index (κ2) is 6.57. The lowest BCUT2D eigenvalue weighted by Crippen LogP contribution is -2.61. The Bertz CT molecular complexity index is 443. The van der Waals surface area contributed by atoms with Gasteiger partial charge in [-0.1, -0.05) is 19.3 Å². The molecule has 1 saturated carbocycles. The maximum atomic E-state index is 12.4. The SMILES string of the molecule is Cl.NC1(C(=O)N2CCN(S(N)(=O)=O)CC2)CCCCC1. The standard InChI is InChI=1S/C11H22N4O3S.ClH/c12-11(4-2-1-3-5-11)10(16)14-6-8-15(9-7-14)19(13,17)18;/h1-9,12H2,(H2,13,17,18);1H. The summed E-state index contributed by atoms with van der Waals surface area (Å²) in [7, 11) is -3.65. The fourth-order valence-electron chi connectivity index (χ4n) is 2.86. The van der Waals surface area contributed by atoms with E-state index in [1.54, 1.807) is 4.90 Å². The van der Waals surface area contributed by atoms with Gasteiger partial charge in [0, 0.05) is 26.2 Å². The lowest BCUT2D eigenvalue weighted by atomic mass is 9.81. The molecule has 2 rings (SSSR count). The molecule has 0 radical (unpaired) electrons. The minimum atomic E-state index is -3.65. The molecule has 7 nitrogen and oxygen atoms in total. The highest BCUT2D eigenvalue weighted by molar-refractivity contribution is 7.86. The van der Waals surface area contributed by atoms with Crippen molar-refractivity contribution in [3.05, 3.63) is 0 Å². The van der Waals surface area contributed by atoms with Crippen molar-refractivity contribution in [3.63, 3.8) is 0 Å². The van der Waals surface area contributed by atoms with E-state index in [4.69, 9.17) is 10.9 Å². The van der Waals surface area contributed by atoms with Crippen LogP contribution in [0.1, 0.15) is 32.1 Å². The van der Waals surface area contributed by atoms with Gasteiger partial charge in [-0.05, 0) is 12.8 Å². The average Bonchev–Trinajstić information content (AvgIpc) is 2.38. The van der Waals surface area contributed by atoms with Crippen LogP contribution in [0.15, 0.2) is 0 Å². The van der Waals surface area contributed by atoms with Crippen molar-refractivity contribution in [1.29, 1.82) is 0 Å². The maximum absolute atomic E-state index is 12.4. The zero-order valence-electron chi connectivity index (χ0n) is 11.5. The molecule has 1 aliphatic carbocycles. The number of nitrogens with zero attached hydrogens (tertiary/aromatic N) is 2. The van der Waals surface area contributed by atoms with Crippen LogP contribution in [-0.2, 0) is 15.0 Å². The van der Waals surface area contributed by atoms with E-state index >= 15 is 0 Å². The van der Waals surface area contributed by atoms with Crippen LogP contribution in [-0.4, -0.2) is 55.2 Å². The van der Waals surface area contributed by atoms with Gasteiger partial charge >= 0.3 is 0 Å². The molecule has 1 amide bonds. The Balaban J connectivity index is 0.00000200. The van der Waals surface area contributed by atoms with Crippen LogP contribution in [0.3, 0.4) is 0 Å². The van der Waals surface area contributed by atoms with E-state index < -0.39 is 15.7 Å². The zero-order valence-corrected chi connectivity index (χ0v) is 13.1. The summed E-state index contributed by atoms with van der Waals surface area (Å²) in [5, 5.41) is 5.07. The lowest BCUT2D eigenvalue weighted by Gasteiger charge is -2.40. The smallest absolute Gasteiger partial charge is 0.277 e. The van der Waals surface area contributed by atoms with E-state index in [-0.39, 0.29) is 31.4 Å². The summed E-state index contributed by atoms with van der Waals surface area (Å²) >= 11 is 0. The highest BCUT2D eigenvalue weighted by Gasteiger charge is 2.39. The molecule has 1 aliphatic heterocycles. The summed E-state index contributed by atoms with van der Waals surface area (Å²) in [5.41, 5.74) is 5.46. The molecule has 4 N–H and O–H groups in total. The molecule has 1 heterocycles. The molecule has 118 valence electrons. The van der Waals surface area contributed by atoms with Crippen LogP contribution >= 0.6 is 12.4 Å². The first-order valence-corrected chi connectivity index (χ1v) is 8.19. The molecule has 1 saturated heterocycles. The van der Waals surface area contributed by atoms with Gasteiger partial charge in [0.2, 0.25) is 5.91 Å². The molecule has 2 fully saturated rings. The molecule has 0 bridgehead atoms. The van der Waals surface area contributed by atoms with Crippen molar-refractivity contribution in [2.45, 2.75) is 37.6 Å². The number of amides is 1. The van der Waals surface area contributed by atoms with Crippen LogP contribution in [0.5, 0.6) is 0 Å². The highest BCUT2D eigenvalue weighted by Crippen LogP contribution is 2.28. The quantitative estimate of drug-likeness (QED) is 0.707. The Kier molecular flexibility index (Phi) is 5.79. The van der Waals surface area contributed by atoms with Crippen molar-refractivity contribution < 1.29 is 13.2 Å². The number of piperazine rings is 1. The van der Waals surface area contributed by atoms with Crippen LogP contribution in [0, 0.1) is 0 Å². The van der Waals surface area contributed by atoms with Crippen LogP contribution in [0.4, 0.5) is 0 Å². The average molecular weight is 327 g/mol. The van der Waals surface area contributed by atoms with Crippen molar-refractivity contribution in [2.75, 3.05) is 26.2 Å². The van der Waals surface area contributed by atoms with E-state index in [0.29, 0.717) is 13.1 Å². The number of nitrogens with two attached hydrogens (primary N) is 2. The van der Waals surface area contributed by atoms with E-state index in [9.17, 15) is 13.2 Å². The first-order valence-electron chi connectivity index (χ1n) is 6.69. The number of carbonyl (C=O) groups excluding carboxylic acids is 1. The number of hydrogen-bond acceptors (Lipinski definition) is 4. The Labute approximate surface area is 126 Å². The summed E-state index contributed by atoms with van der Waals surface area (Å²) in [6.07, 6.45) is 4.55. The normalized spacial score (nSPS) is 24.0. The third kappa shape index (κ3) is 3.82. The van der Waals surface area contributed by atoms with Gasteiger partial charge in [0.25, 0.3) is 10.2 Å². The molecular weight excluding hydrogens is 304 g/mol. The summed E-state index contributed by atoms with van der Waals surface area (Å²) in [5.74, 6) is -0.0405. The number of carbonyl (C=O) groups is 1. The third-order valence-electron chi connectivity index (χ3n) is 4.06. The van der Waals surface area contributed by atoms with Crippen LogP contribution in [0.2, 0.25) is 0 Å². The van der Waals surface area contributed by atoms with Gasteiger partial charge in [0.05, 0.1) is 5.54 Å². The first-order chi connectivity index (χ1) is 8.83. The predicted molar refractivity (Wildman–Crippen MR) is 78.5 cm³/mol. The van der Waals surface area contributed by atoms with Crippen LogP contribution < -0.4 is 10.9 Å². The molecule has 0 unspecified atom stereocenters. The van der Waals surface area contributed by atoms with Gasteiger partial charge in [0.1, 0.15) is 0 Å². The summed E-state index contributed by atoms with van der Waals surface area (Å²) in [6.45, 7) is 1.24. The van der Waals surface area contributed by atoms with Crippen LogP contribution in [0.25, 0.3) is 0 Å². The molecule has 2 aliphatic rings. The lowest BCUT2D eigenvalue weighted by molar-refractivity contribution is -0.139. The molecule has 0 aromatic heterocycles. The fourth-order valence-corrected chi connectivity index (χ4v) is 3.53. The van der Waals surface area contributed by atoms with E-state index in [2.05, 4.69) is 0 Å². The first kappa shape index (κ1) is 17.6. The van der Waals surface area contributed by atoms with Gasteiger partial charge in [0.15, 0.2) is 0 Å². The van der Waals surface area contributed by atoms with E-state index in [1.165, 1.54) is 4.31 Å². The van der Waals surface area contributed by atoms with Crippen molar-refractivity contribution >= 4 is 28.5 Å². The Morgan fingerprint density at radius 2 is 1.50 bits per heavy atom. The molecule has 0 aromatic carbocycles. The van der Waals surface area contributed by atoms with Gasteiger partial charge in [-0.3, -0.25) is 4.79 Å². The van der Waals surface area contributed by atoms with E-state index in [1.807, 2.05) is 0 Å². The summed E-state index contributed by atoms with van der Waals surface area (Å²) in [4.78, 5) is 14.1. The predicted octanol–water partition coefficient (Wildman–Crippen LogP) is -0.582. The minimum absolute atomic E-state index is 0. The van der Waals surface area contributed by atoms with Gasteiger partial charge in [-0.2, -0.15) is 12.7 Å². The van der Waals surface area contributed by atoms with Gasteiger partial charge < -0.3 is 10.6 Å². The molecule has 0 spiro atoms. The number of hydrogen-bond donors (Lipinski definition) is 2. The topological polar surface area (TPSA) is 110 Å². The Hall–Kier alpha value is -0.410. The second-order valence-corrected chi connectivity index (χ2v) is 7.00. The van der Waals surface area contributed by atoms with Gasteiger partial charge in [-0.15, -0.1) is 12.4 Å². The van der Waals surface area contributed by atoms with Crippen molar-refractivity contribution in [3.8, 4) is 0 Å². The fraction of sp³-hybridized carbons (Fsp3) is 0.909. The number of rotatable bonds is 2. The summed E-state index contributed by atoms with van der Waals surface area (Å²) in [6, 6.07) is 0. The Morgan fingerprint density at radius 3 is 1.95 bits per heavy atom. The van der Waals surface area contributed by atoms with Crippen molar-refractivity contribution in [1.82, 2.24) is 9.21 Å². The molecular formula is C11H23ClN4O3S. The monoisotopic (exact) mass is 326 g/mol. The van der Waals surface area contributed by atoms with E-state index in [0.717, 1.165) is 32.1 Å². The molecule has 9 heteroatoms. The highest BCUT2D eigenvalue weighted by atomic mass is 35.5. The molecule has 20 heavy (non-hydrogen) atoms. The molecule has 0 atom stereocenters. The maximum Gasteiger partial charge on any atom is 0.277 e. The van der Waals surface area contributed by atoms with Crippen molar-refractivity contribution in [2.24, 2.45) is 10.9 Å². The third-order valence-corrected chi connectivity index (χ3v) is 5.14. The van der Waals surface area contributed by atoms with Gasteiger partial charge in [-0.25, -0.2) is 5.14 Å². The second-order valence-electron chi connectivity index (χ2n) is 5.45. The zero-order chi connectivity index (χ0) is 14.1. The molecule has 0 aromatic rings. The minimum Gasteiger partial charge on any atom is -0.338 e.